The van der Waals surface area contributed by atoms with Crippen molar-refractivity contribution in [3.8, 4) is 0 Å². The lowest BCUT2D eigenvalue weighted by Crippen LogP contribution is -2.40. The summed E-state index contributed by atoms with van der Waals surface area (Å²) in [6.07, 6.45) is 3.60. The molecule has 0 aliphatic heterocycles. The summed E-state index contributed by atoms with van der Waals surface area (Å²) in [6, 6.07) is 19.0. The molecule has 3 unspecified atom stereocenters. The molecule has 1 aliphatic carbocycles. The third-order valence-corrected chi connectivity index (χ3v) is 9.39. The molecular formula is C23H30O3S2Si. The van der Waals surface area contributed by atoms with Gasteiger partial charge in [0.05, 0.1) is 10.1 Å². The molecule has 2 aromatic carbocycles. The molecule has 0 saturated heterocycles. The minimum Gasteiger partial charge on any atom is -0.414 e. The Morgan fingerprint density at radius 2 is 1.55 bits per heavy atom. The second-order valence-corrected chi connectivity index (χ2v) is 16.3. The van der Waals surface area contributed by atoms with E-state index < -0.39 is 23.4 Å². The summed E-state index contributed by atoms with van der Waals surface area (Å²) in [7, 11) is -5.30. The quantitative estimate of drug-likeness (QED) is 0.499. The predicted molar refractivity (Wildman–Crippen MR) is 124 cm³/mol. The van der Waals surface area contributed by atoms with Crippen molar-refractivity contribution in [2.45, 2.75) is 60.6 Å². The highest BCUT2D eigenvalue weighted by Crippen LogP contribution is 2.39. The maximum absolute atomic E-state index is 13.6. The predicted octanol–water partition coefficient (Wildman–Crippen LogP) is 6.16. The molecule has 0 aromatic heterocycles. The monoisotopic (exact) mass is 446 g/mol. The molecule has 3 atom stereocenters. The summed E-state index contributed by atoms with van der Waals surface area (Å²) in [6.45, 7) is 8.53. The Balaban J connectivity index is 1.99. The first-order valence-corrected chi connectivity index (χ1v) is 15.8. The van der Waals surface area contributed by atoms with Crippen molar-refractivity contribution in [2.24, 2.45) is 5.92 Å². The van der Waals surface area contributed by atoms with Gasteiger partial charge >= 0.3 is 0 Å². The van der Waals surface area contributed by atoms with E-state index in [2.05, 4.69) is 31.8 Å². The van der Waals surface area contributed by atoms with Crippen LogP contribution < -0.4 is 0 Å². The van der Waals surface area contributed by atoms with Crippen LogP contribution in [0.2, 0.25) is 19.6 Å². The van der Waals surface area contributed by atoms with Crippen LogP contribution in [0.3, 0.4) is 0 Å². The lowest BCUT2D eigenvalue weighted by atomic mass is 10.00. The zero-order chi connectivity index (χ0) is 21.1. The molecule has 0 radical (unpaired) electrons. The fraction of sp³-hybridized carbons (Fsp3) is 0.391. The summed E-state index contributed by atoms with van der Waals surface area (Å²) >= 11 is 1.67. The SMILES string of the molecule is CC1C(O[Si](C)(C)C)CCC(Sc2ccccc2)=CC1S(=O)(=O)c1ccccc1. The molecule has 0 heterocycles. The van der Waals surface area contributed by atoms with Crippen LogP contribution in [0.4, 0.5) is 0 Å². The molecule has 3 nitrogen and oxygen atoms in total. The number of benzene rings is 2. The lowest BCUT2D eigenvalue weighted by Gasteiger charge is -2.32. The van der Waals surface area contributed by atoms with Crippen LogP contribution in [0.5, 0.6) is 0 Å². The van der Waals surface area contributed by atoms with E-state index in [1.54, 1.807) is 36.0 Å². The average Bonchev–Trinajstić information content (AvgIpc) is 2.82. The molecule has 3 rings (SSSR count). The van der Waals surface area contributed by atoms with Gasteiger partial charge in [-0.3, -0.25) is 0 Å². The summed E-state index contributed by atoms with van der Waals surface area (Å²) in [4.78, 5) is 2.62. The van der Waals surface area contributed by atoms with Gasteiger partial charge in [-0.15, -0.1) is 0 Å². The zero-order valence-electron chi connectivity index (χ0n) is 17.5. The van der Waals surface area contributed by atoms with Crippen molar-refractivity contribution < 1.29 is 12.8 Å². The molecule has 0 N–H and O–H groups in total. The third kappa shape index (κ3) is 5.84. The largest absolute Gasteiger partial charge is 0.414 e. The maximum Gasteiger partial charge on any atom is 0.185 e. The summed E-state index contributed by atoms with van der Waals surface area (Å²) in [5.74, 6) is -0.110. The lowest BCUT2D eigenvalue weighted by molar-refractivity contribution is 0.131. The fourth-order valence-electron chi connectivity index (χ4n) is 3.66. The first-order chi connectivity index (χ1) is 13.7. The van der Waals surface area contributed by atoms with Gasteiger partial charge in [0.1, 0.15) is 0 Å². The molecular weight excluding hydrogens is 416 g/mol. The molecule has 2 aromatic rings. The van der Waals surface area contributed by atoms with E-state index >= 15 is 0 Å². The van der Waals surface area contributed by atoms with Crippen molar-refractivity contribution >= 4 is 29.9 Å². The van der Waals surface area contributed by atoms with Crippen molar-refractivity contribution in [3.63, 3.8) is 0 Å². The first-order valence-electron chi connectivity index (χ1n) is 10.1. The van der Waals surface area contributed by atoms with E-state index in [0.29, 0.717) is 4.90 Å². The van der Waals surface area contributed by atoms with E-state index in [4.69, 9.17) is 4.43 Å². The van der Waals surface area contributed by atoms with Crippen LogP contribution in [0, 0.1) is 5.92 Å². The topological polar surface area (TPSA) is 43.4 Å². The normalized spacial score (nSPS) is 23.3. The summed E-state index contributed by atoms with van der Waals surface area (Å²) in [5, 5.41) is -0.597. The Morgan fingerprint density at radius 3 is 2.14 bits per heavy atom. The minimum atomic E-state index is -3.50. The number of rotatable bonds is 6. The minimum absolute atomic E-state index is 0.0599. The van der Waals surface area contributed by atoms with Crippen LogP contribution in [0.1, 0.15) is 19.8 Å². The molecule has 156 valence electrons. The highest BCUT2D eigenvalue weighted by atomic mass is 32.2. The maximum atomic E-state index is 13.6. The molecule has 0 saturated carbocycles. The molecule has 1 aliphatic rings. The van der Waals surface area contributed by atoms with Gasteiger partial charge in [-0.25, -0.2) is 8.42 Å². The van der Waals surface area contributed by atoms with E-state index in [1.165, 1.54) is 0 Å². The van der Waals surface area contributed by atoms with E-state index in [0.717, 1.165) is 22.6 Å². The van der Waals surface area contributed by atoms with Crippen LogP contribution in [0.15, 0.2) is 81.4 Å². The van der Waals surface area contributed by atoms with Gasteiger partial charge in [-0.05, 0) is 61.7 Å². The molecule has 0 amide bonds. The Morgan fingerprint density at radius 1 is 0.966 bits per heavy atom. The molecule has 6 heteroatoms. The number of hydrogen-bond donors (Lipinski definition) is 0. The second-order valence-electron chi connectivity index (χ2n) is 8.54. The van der Waals surface area contributed by atoms with E-state index in [1.807, 2.05) is 37.3 Å². The van der Waals surface area contributed by atoms with Gasteiger partial charge in [-0.1, -0.05) is 61.2 Å². The first kappa shape index (κ1) is 22.3. The van der Waals surface area contributed by atoms with Crippen molar-refractivity contribution in [1.82, 2.24) is 0 Å². The van der Waals surface area contributed by atoms with Gasteiger partial charge < -0.3 is 4.43 Å². The van der Waals surface area contributed by atoms with Gasteiger partial charge in [-0.2, -0.15) is 0 Å². The highest BCUT2D eigenvalue weighted by Gasteiger charge is 2.39. The van der Waals surface area contributed by atoms with Crippen molar-refractivity contribution in [1.29, 1.82) is 0 Å². The molecule has 29 heavy (non-hydrogen) atoms. The van der Waals surface area contributed by atoms with Crippen LogP contribution in [-0.2, 0) is 14.3 Å². The van der Waals surface area contributed by atoms with Crippen molar-refractivity contribution in [3.05, 3.63) is 71.6 Å². The Kier molecular flexibility index (Phi) is 7.09. The average molecular weight is 447 g/mol. The smallest absolute Gasteiger partial charge is 0.185 e. The Labute approximate surface area is 180 Å². The summed E-state index contributed by atoms with van der Waals surface area (Å²) < 4.78 is 33.6. The second kappa shape index (κ2) is 9.21. The van der Waals surface area contributed by atoms with Crippen LogP contribution in [0.25, 0.3) is 0 Å². The van der Waals surface area contributed by atoms with Gasteiger partial charge in [0.15, 0.2) is 18.2 Å². The number of thioether (sulfide) groups is 1. The number of hydrogen-bond acceptors (Lipinski definition) is 4. The fourth-order valence-corrected chi connectivity index (χ4v) is 7.95. The van der Waals surface area contributed by atoms with Crippen LogP contribution in [-0.4, -0.2) is 28.1 Å². The highest BCUT2D eigenvalue weighted by molar-refractivity contribution is 8.03. The van der Waals surface area contributed by atoms with E-state index in [9.17, 15) is 8.42 Å². The van der Waals surface area contributed by atoms with E-state index in [-0.39, 0.29) is 12.0 Å². The molecule has 0 spiro atoms. The molecule has 0 fully saturated rings. The number of sulfone groups is 1. The van der Waals surface area contributed by atoms with Crippen molar-refractivity contribution in [2.75, 3.05) is 0 Å². The van der Waals surface area contributed by atoms with Crippen LogP contribution >= 0.6 is 11.8 Å². The Hall–Kier alpha value is -1.34. The molecule has 0 bridgehead atoms. The standard InChI is InChI=1S/C23H30O3S2Si/c1-18-22(26-29(2,3)4)16-15-20(27-19-11-7-5-8-12-19)17-23(18)28(24,25)21-13-9-6-10-14-21/h5-14,17-18,22-23H,15-16H2,1-4H3. The third-order valence-electron chi connectivity index (χ3n) is 5.06. The van der Waals surface area contributed by atoms with Gasteiger partial charge in [0, 0.05) is 16.9 Å². The summed E-state index contributed by atoms with van der Waals surface area (Å²) in [5.41, 5.74) is 0. The van der Waals surface area contributed by atoms with Gasteiger partial charge in [0.25, 0.3) is 0 Å². The van der Waals surface area contributed by atoms with Gasteiger partial charge in [0.2, 0.25) is 0 Å². The zero-order valence-corrected chi connectivity index (χ0v) is 20.2. The number of allylic oxidation sites excluding steroid dienone is 1. The Bertz CT molecular complexity index is 935.